The SMILES string of the molecule is N#Cc1ccc2c(cnn2CC23CC(C(=O)N4N=CCC4c4cncc(F)c4)(C2)C3)n1. The third-order valence-electron chi connectivity index (χ3n) is 6.84. The van der Waals surface area contributed by atoms with E-state index in [1.165, 1.54) is 11.1 Å². The second-order valence-electron chi connectivity index (χ2n) is 8.96. The second kappa shape index (κ2) is 6.17. The van der Waals surface area contributed by atoms with Gasteiger partial charge in [0.25, 0.3) is 0 Å². The van der Waals surface area contributed by atoms with Crippen molar-refractivity contribution in [3.05, 3.63) is 53.9 Å². The first-order chi connectivity index (χ1) is 15.0. The van der Waals surface area contributed by atoms with Crippen LogP contribution in [0.5, 0.6) is 0 Å². The van der Waals surface area contributed by atoms with E-state index in [1.807, 2.05) is 16.8 Å². The first-order valence-electron chi connectivity index (χ1n) is 10.2. The van der Waals surface area contributed by atoms with Crippen LogP contribution in [-0.2, 0) is 11.3 Å². The van der Waals surface area contributed by atoms with E-state index < -0.39 is 5.82 Å². The van der Waals surface area contributed by atoms with Crippen molar-refractivity contribution in [3.8, 4) is 6.07 Å². The molecule has 3 aromatic rings. The monoisotopic (exact) mass is 415 g/mol. The molecule has 0 N–H and O–H groups in total. The zero-order valence-electron chi connectivity index (χ0n) is 16.6. The molecule has 0 saturated heterocycles. The quantitative estimate of drug-likeness (QED) is 0.652. The average Bonchev–Trinajstić information content (AvgIpc) is 3.36. The molecule has 1 aliphatic heterocycles. The van der Waals surface area contributed by atoms with E-state index in [0.29, 0.717) is 23.2 Å². The van der Waals surface area contributed by atoms with Crippen LogP contribution in [0.1, 0.15) is 43.0 Å². The molecule has 3 aliphatic carbocycles. The summed E-state index contributed by atoms with van der Waals surface area (Å²) in [5.41, 5.74) is 2.31. The highest BCUT2D eigenvalue weighted by Gasteiger charge is 2.72. The Bertz CT molecular complexity index is 1290. The molecule has 8 nitrogen and oxygen atoms in total. The molecule has 3 fully saturated rings. The molecule has 4 heterocycles. The fraction of sp³-hybridized carbons (Fsp3) is 0.364. The standard InChI is InChI=1S/C22H18FN7O/c23-15-5-14(7-25-8-15)18-3-4-26-30(18)20(31)22-10-21(11-22,12-22)13-29-19-2-1-16(6-24)28-17(19)9-27-29/h1-2,4-5,7-9,18H,3,10-13H2. The van der Waals surface area contributed by atoms with Gasteiger partial charge in [0, 0.05) is 25.4 Å². The van der Waals surface area contributed by atoms with Gasteiger partial charge in [-0.1, -0.05) is 0 Å². The number of nitrogens with zero attached hydrogens (tertiary/aromatic N) is 7. The van der Waals surface area contributed by atoms with Crippen molar-refractivity contribution < 1.29 is 9.18 Å². The largest absolute Gasteiger partial charge is 0.272 e. The molecule has 0 aromatic carbocycles. The highest BCUT2D eigenvalue weighted by Crippen LogP contribution is 2.74. The van der Waals surface area contributed by atoms with Gasteiger partial charge in [0.15, 0.2) is 0 Å². The Morgan fingerprint density at radius 3 is 2.87 bits per heavy atom. The van der Waals surface area contributed by atoms with E-state index in [4.69, 9.17) is 5.26 Å². The zero-order valence-corrected chi connectivity index (χ0v) is 16.6. The van der Waals surface area contributed by atoms with E-state index in [2.05, 4.69) is 20.2 Å². The maximum Gasteiger partial charge on any atom is 0.249 e. The van der Waals surface area contributed by atoms with Crippen LogP contribution in [0.3, 0.4) is 0 Å². The zero-order chi connectivity index (χ0) is 21.2. The number of hydrogen-bond acceptors (Lipinski definition) is 6. The van der Waals surface area contributed by atoms with Gasteiger partial charge in [0.1, 0.15) is 23.1 Å². The minimum Gasteiger partial charge on any atom is -0.272 e. The summed E-state index contributed by atoms with van der Waals surface area (Å²) in [7, 11) is 0. The number of carbonyl (C=O) groups excluding carboxylic acids is 1. The van der Waals surface area contributed by atoms with E-state index in [9.17, 15) is 9.18 Å². The third-order valence-corrected chi connectivity index (χ3v) is 6.84. The van der Waals surface area contributed by atoms with Crippen molar-refractivity contribution in [1.82, 2.24) is 24.8 Å². The van der Waals surface area contributed by atoms with Crippen molar-refractivity contribution >= 4 is 23.2 Å². The number of rotatable bonds is 4. The van der Waals surface area contributed by atoms with Crippen molar-refractivity contribution in [2.24, 2.45) is 15.9 Å². The summed E-state index contributed by atoms with van der Waals surface area (Å²) in [5.74, 6) is -0.396. The number of pyridine rings is 2. The van der Waals surface area contributed by atoms with Gasteiger partial charge in [0.2, 0.25) is 5.91 Å². The molecule has 0 spiro atoms. The van der Waals surface area contributed by atoms with Crippen molar-refractivity contribution in [3.63, 3.8) is 0 Å². The molecule has 1 amide bonds. The lowest BCUT2D eigenvalue weighted by Crippen LogP contribution is -2.68. The Balaban J connectivity index is 1.17. The van der Waals surface area contributed by atoms with Crippen LogP contribution in [-0.4, -0.2) is 36.9 Å². The Labute approximate surface area is 177 Å². The van der Waals surface area contributed by atoms with Crippen LogP contribution in [0.4, 0.5) is 4.39 Å². The van der Waals surface area contributed by atoms with Gasteiger partial charge in [-0.25, -0.2) is 14.4 Å². The molecule has 2 bridgehead atoms. The number of amides is 1. The molecule has 3 saturated carbocycles. The molecule has 9 heteroatoms. The highest BCUT2D eigenvalue weighted by molar-refractivity contribution is 5.88. The van der Waals surface area contributed by atoms with Crippen molar-refractivity contribution in [2.75, 3.05) is 0 Å². The second-order valence-corrected chi connectivity index (χ2v) is 8.96. The molecule has 7 rings (SSSR count). The summed E-state index contributed by atoms with van der Waals surface area (Å²) in [6.07, 6.45) is 9.10. The molecule has 154 valence electrons. The number of fused-ring (bicyclic) bond motifs is 1. The summed E-state index contributed by atoms with van der Waals surface area (Å²) < 4.78 is 15.5. The smallest absolute Gasteiger partial charge is 0.249 e. The van der Waals surface area contributed by atoms with Crippen LogP contribution in [0.25, 0.3) is 11.0 Å². The minimum atomic E-state index is -0.413. The van der Waals surface area contributed by atoms with Gasteiger partial charge in [0.05, 0.1) is 29.4 Å². The highest BCUT2D eigenvalue weighted by atomic mass is 19.1. The van der Waals surface area contributed by atoms with Crippen LogP contribution in [0.2, 0.25) is 0 Å². The molecular weight excluding hydrogens is 397 g/mol. The van der Waals surface area contributed by atoms with Gasteiger partial charge >= 0.3 is 0 Å². The van der Waals surface area contributed by atoms with E-state index in [1.54, 1.807) is 24.7 Å². The van der Waals surface area contributed by atoms with Gasteiger partial charge in [-0.3, -0.25) is 14.5 Å². The lowest BCUT2D eigenvalue weighted by Gasteiger charge is -2.69. The Kier molecular flexibility index (Phi) is 3.61. The number of aromatic nitrogens is 4. The topological polar surface area (TPSA) is 100 Å². The van der Waals surface area contributed by atoms with Crippen LogP contribution >= 0.6 is 0 Å². The summed E-state index contributed by atoms with van der Waals surface area (Å²) >= 11 is 0. The number of halogens is 1. The first-order valence-corrected chi connectivity index (χ1v) is 10.2. The average molecular weight is 415 g/mol. The predicted octanol–water partition coefficient (Wildman–Crippen LogP) is 2.97. The molecule has 3 aromatic heterocycles. The molecule has 4 aliphatic rings. The predicted molar refractivity (Wildman–Crippen MR) is 108 cm³/mol. The van der Waals surface area contributed by atoms with Gasteiger partial charge in [-0.05, 0) is 48.4 Å². The fourth-order valence-corrected chi connectivity index (χ4v) is 5.61. The summed E-state index contributed by atoms with van der Waals surface area (Å²) in [4.78, 5) is 21.5. The normalized spacial score (nSPS) is 28.3. The maximum absolute atomic E-state index is 13.6. The molecule has 0 radical (unpaired) electrons. The third kappa shape index (κ3) is 2.61. The minimum absolute atomic E-state index is 0.0167. The van der Waals surface area contributed by atoms with Gasteiger partial charge in [-0.2, -0.15) is 15.5 Å². The van der Waals surface area contributed by atoms with E-state index in [0.717, 1.165) is 37.5 Å². The lowest BCUT2D eigenvalue weighted by molar-refractivity contribution is -0.223. The van der Waals surface area contributed by atoms with Crippen LogP contribution in [0.15, 0.2) is 41.9 Å². The lowest BCUT2D eigenvalue weighted by atomic mass is 9.34. The van der Waals surface area contributed by atoms with Gasteiger partial charge < -0.3 is 0 Å². The number of hydrazone groups is 1. The van der Waals surface area contributed by atoms with Crippen molar-refractivity contribution in [1.29, 1.82) is 5.26 Å². The fourth-order valence-electron chi connectivity index (χ4n) is 5.61. The van der Waals surface area contributed by atoms with Crippen LogP contribution in [0, 0.1) is 28.0 Å². The molecule has 1 unspecified atom stereocenters. The molecule has 31 heavy (non-hydrogen) atoms. The summed E-state index contributed by atoms with van der Waals surface area (Å²) in [6.45, 7) is 0.722. The van der Waals surface area contributed by atoms with E-state index >= 15 is 0 Å². The Morgan fingerprint density at radius 2 is 2.10 bits per heavy atom. The number of hydrogen-bond donors (Lipinski definition) is 0. The van der Waals surface area contributed by atoms with Gasteiger partial charge in [-0.15, -0.1) is 0 Å². The maximum atomic E-state index is 13.6. The molecule has 1 atom stereocenters. The molecular formula is C22H18FN7O. The van der Waals surface area contributed by atoms with E-state index in [-0.39, 0.29) is 22.8 Å². The Morgan fingerprint density at radius 1 is 1.26 bits per heavy atom. The first kappa shape index (κ1) is 18.1. The number of carbonyl (C=O) groups is 1. The Hall–Kier alpha value is -3.67. The number of nitriles is 1. The summed E-state index contributed by atoms with van der Waals surface area (Å²) in [5, 5.41) is 19.3. The summed E-state index contributed by atoms with van der Waals surface area (Å²) in [6, 6.07) is 6.74. The van der Waals surface area contributed by atoms with Crippen molar-refractivity contribution in [2.45, 2.75) is 38.3 Å². The van der Waals surface area contributed by atoms with Crippen LogP contribution < -0.4 is 0 Å².